The van der Waals surface area contributed by atoms with Gasteiger partial charge in [-0.1, -0.05) is 29.3 Å². The number of hydrogen-bond acceptors (Lipinski definition) is 1. The summed E-state index contributed by atoms with van der Waals surface area (Å²) in [5.74, 6) is 0. The fraction of sp³-hybridized carbons (Fsp3) is 0.273. The average Bonchev–Trinajstić information content (AvgIpc) is 1.96. The maximum atomic E-state index is 4.38. The second-order valence-electron chi connectivity index (χ2n) is 3.28. The van der Waals surface area contributed by atoms with Crippen LogP contribution in [0.15, 0.2) is 28.7 Å². The van der Waals surface area contributed by atoms with Gasteiger partial charge in [-0.05, 0) is 32.4 Å². The maximum Gasteiger partial charge on any atom is 0.0113 e. The summed E-state index contributed by atoms with van der Waals surface area (Å²) in [7, 11) is 0. The van der Waals surface area contributed by atoms with E-state index in [1.165, 1.54) is 16.7 Å². The Labute approximate surface area is 79.7 Å². The van der Waals surface area contributed by atoms with Crippen LogP contribution in [0.3, 0.4) is 0 Å². The summed E-state index contributed by atoms with van der Waals surface area (Å²) < 4.78 is 0. The van der Waals surface area contributed by atoms with Crippen LogP contribution < -0.4 is 0 Å². The van der Waals surface area contributed by atoms with E-state index in [0.717, 1.165) is 4.90 Å². The molecular weight excluding hydrogens is 164 g/mol. The van der Waals surface area contributed by atoms with Gasteiger partial charge in [0.05, 0.1) is 0 Å². The van der Waals surface area contributed by atoms with Crippen molar-refractivity contribution in [1.29, 1.82) is 0 Å². The SMILES string of the molecule is CC(C)=Cc1cc(C)ccc1S. The molecule has 1 aromatic rings. The Morgan fingerprint density at radius 3 is 2.58 bits per heavy atom. The van der Waals surface area contributed by atoms with Gasteiger partial charge in [0.1, 0.15) is 0 Å². The molecule has 0 heterocycles. The first-order chi connectivity index (χ1) is 5.59. The second-order valence-corrected chi connectivity index (χ2v) is 3.77. The van der Waals surface area contributed by atoms with Crippen LogP contribution in [-0.2, 0) is 0 Å². The first-order valence-corrected chi connectivity index (χ1v) is 4.49. The summed E-state index contributed by atoms with van der Waals surface area (Å²) in [6.45, 7) is 6.28. The molecule has 1 aromatic carbocycles. The lowest BCUT2D eigenvalue weighted by Gasteiger charge is -2.01. The van der Waals surface area contributed by atoms with E-state index < -0.39 is 0 Å². The molecule has 0 spiro atoms. The molecule has 0 unspecified atom stereocenters. The van der Waals surface area contributed by atoms with Gasteiger partial charge < -0.3 is 0 Å². The van der Waals surface area contributed by atoms with Gasteiger partial charge in [-0.25, -0.2) is 0 Å². The highest BCUT2D eigenvalue weighted by Crippen LogP contribution is 2.18. The molecule has 0 aliphatic rings. The largest absolute Gasteiger partial charge is 0.143 e. The van der Waals surface area contributed by atoms with Crippen molar-refractivity contribution < 1.29 is 0 Å². The van der Waals surface area contributed by atoms with E-state index in [4.69, 9.17) is 0 Å². The average molecular weight is 178 g/mol. The number of hydrogen-bond donors (Lipinski definition) is 1. The van der Waals surface area contributed by atoms with Crippen LogP contribution in [0.1, 0.15) is 25.0 Å². The fourth-order valence-electron chi connectivity index (χ4n) is 1.10. The van der Waals surface area contributed by atoms with Gasteiger partial charge >= 0.3 is 0 Å². The van der Waals surface area contributed by atoms with Gasteiger partial charge in [0.15, 0.2) is 0 Å². The van der Waals surface area contributed by atoms with Crippen molar-refractivity contribution in [2.45, 2.75) is 25.7 Å². The highest BCUT2D eigenvalue weighted by atomic mass is 32.1. The third-order valence-corrected chi connectivity index (χ3v) is 2.03. The molecule has 1 heteroatoms. The number of thiol groups is 1. The number of rotatable bonds is 1. The third kappa shape index (κ3) is 2.42. The van der Waals surface area contributed by atoms with Crippen molar-refractivity contribution >= 4 is 18.7 Å². The summed E-state index contributed by atoms with van der Waals surface area (Å²) in [6, 6.07) is 6.26. The number of benzene rings is 1. The molecule has 0 aliphatic carbocycles. The van der Waals surface area contributed by atoms with E-state index in [0.29, 0.717) is 0 Å². The van der Waals surface area contributed by atoms with Gasteiger partial charge in [0.2, 0.25) is 0 Å². The van der Waals surface area contributed by atoms with Crippen molar-refractivity contribution in [3.05, 3.63) is 34.9 Å². The minimum atomic E-state index is 1.04. The minimum Gasteiger partial charge on any atom is -0.143 e. The lowest BCUT2D eigenvalue weighted by atomic mass is 10.1. The van der Waals surface area contributed by atoms with E-state index in [1.54, 1.807) is 0 Å². The van der Waals surface area contributed by atoms with Gasteiger partial charge in [0, 0.05) is 4.90 Å². The lowest BCUT2D eigenvalue weighted by Crippen LogP contribution is -1.79. The minimum absolute atomic E-state index is 1.04. The molecule has 1 rings (SSSR count). The van der Waals surface area contributed by atoms with E-state index in [9.17, 15) is 0 Å². The molecule has 0 saturated heterocycles. The van der Waals surface area contributed by atoms with Crippen molar-refractivity contribution in [3.63, 3.8) is 0 Å². The molecule has 0 radical (unpaired) electrons. The van der Waals surface area contributed by atoms with Crippen LogP contribution in [0.5, 0.6) is 0 Å². The molecule has 0 N–H and O–H groups in total. The molecular formula is C11H14S. The predicted octanol–water partition coefficient (Wildman–Crippen LogP) is 3.71. The van der Waals surface area contributed by atoms with Crippen molar-refractivity contribution in [2.24, 2.45) is 0 Å². The Kier molecular flexibility index (Phi) is 2.99. The molecule has 0 saturated carbocycles. The van der Waals surface area contributed by atoms with E-state index in [-0.39, 0.29) is 0 Å². The topological polar surface area (TPSA) is 0 Å². The van der Waals surface area contributed by atoms with Crippen LogP contribution in [0.2, 0.25) is 0 Å². The van der Waals surface area contributed by atoms with Crippen molar-refractivity contribution in [3.8, 4) is 0 Å². The molecule has 12 heavy (non-hydrogen) atoms. The summed E-state index contributed by atoms with van der Waals surface area (Å²) in [5, 5.41) is 0. The van der Waals surface area contributed by atoms with Crippen molar-refractivity contribution in [1.82, 2.24) is 0 Å². The molecule has 0 aromatic heterocycles. The predicted molar refractivity (Wildman–Crippen MR) is 57.8 cm³/mol. The maximum absolute atomic E-state index is 4.38. The van der Waals surface area contributed by atoms with Crippen LogP contribution in [0.4, 0.5) is 0 Å². The van der Waals surface area contributed by atoms with Crippen molar-refractivity contribution in [2.75, 3.05) is 0 Å². The molecule has 0 atom stereocenters. The first-order valence-electron chi connectivity index (χ1n) is 4.04. The van der Waals surface area contributed by atoms with Crippen LogP contribution in [0.25, 0.3) is 6.08 Å². The Hall–Kier alpha value is -0.690. The zero-order chi connectivity index (χ0) is 9.14. The Balaban J connectivity index is 3.14. The summed E-state index contributed by atoms with van der Waals surface area (Å²) >= 11 is 4.38. The third-order valence-electron chi connectivity index (χ3n) is 1.63. The quantitative estimate of drug-likeness (QED) is 0.623. The fourth-order valence-corrected chi connectivity index (χ4v) is 1.30. The zero-order valence-corrected chi connectivity index (χ0v) is 8.65. The highest BCUT2D eigenvalue weighted by Gasteiger charge is 1.94. The molecule has 0 nitrogen and oxygen atoms in total. The second kappa shape index (κ2) is 3.81. The smallest absolute Gasteiger partial charge is 0.0113 e. The molecule has 0 aliphatic heterocycles. The number of allylic oxidation sites excluding steroid dienone is 1. The molecule has 0 amide bonds. The number of aryl methyl sites for hydroxylation is 1. The first kappa shape index (κ1) is 9.40. The van der Waals surface area contributed by atoms with Gasteiger partial charge in [-0.15, -0.1) is 12.6 Å². The normalized spacial score (nSPS) is 9.67. The summed E-state index contributed by atoms with van der Waals surface area (Å²) in [5.41, 5.74) is 3.79. The van der Waals surface area contributed by atoms with Gasteiger partial charge in [-0.2, -0.15) is 0 Å². The summed E-state index contributed by atoms with van der Waals surface area (Å²) in [4.78, 5) is 1.04. The van der Waals surface area contributed by atoms with Crippen LogP contribution >= 0.6 is 12.6 Å². The Morgan fingerprint density at radius 2 is 2.00 bits per heavy atom. The molecule has 64 valence electrons. The molecule has 0 bridgehead atoms. The van der Waals surface area contributed by atoms with E-state index in [2.05, 4.69) is 51.6 Å². The Morgan fingerprint density at radius 1 is 1.33 bits per heavy atom. The monoisotopic (exact) mass is 178 g/mol. The highest BCUT2D eigenvalue weighted by molar-refractivity contribution is 7.80. The summed E-state index contributed by atoms with van der Waals surface area (Å²) in [6.07, 6.45) is 2.15. The van der Waals surface area contributed by atoms with E-state index in [1.807, 2.05) is 6.07 Å². The lowest BCUT2D eigenvalue weighted by molar-refractivity contribution is 1.34. The van der Waals surface area contributed by atoms with Crippen LogP contribution in [-0.4, -0.2) is 0 Å². The van der Waals surface area contributed by atoms with E-state index >= 15 is 0 Å². The van der Waals surface area contributed by atoms with Crippen LogP contribution in [0, 0.1) is 6.92 Å². The Bertz CT molecular complexity index is 307. The molecule has 0 fully saturated rings. The van der Waals surface area contributed by atoms with Gasteiger partial charge in [0.25, 0.3) is 0 Å². The standard InChI is InChI=1S/C11H14S/c1-8(2)6-10-7-9(3)4-5-11(10)12/h4-7,12H,1-3H3. The zero-order valence-electron chi connectivity index (χ0n) is 7.76. The van der Waals surface area contributed by atoms with Gasteiger partial charge in [-0.3, -0.25) is 0 Å².